The molecule has 0 aliphatic rings. The van der Waals surface area contributed by atoms with Crippen molar-refractivity contribution < 1.29 is 13.9 Å². The normalized spacial score (nSPS) is 11.3. The minimum absolute atomic E-state index is 0.270. The summed E-state index contributed by atoms with van der Waals surface area (Å²) in [7, 11) is 0. The highest BCUT2D eigenvalue weighted by atomic mass is 16.5. The summed E-state index contributed by atoms with van der Waals surface area (Å²) in [6, 6.07) is 20.0. The van der Waals surface area contributed by atoms with Gasteiger partial charge in [-0.05, 0) is 30.3 Å². The van der Waals surface area contributed by atoms with Gasteiger partial charge in [0.2, 0.25) is 0 Å². The number of para-hydroxylation sites is 1. The minimum Gasteiger partial charge on any atom is -0.456 e. The number of furan rings is 1. The van der Waals surface area contributed by atoms with Gasteiger partial charge in [-0.25, -0.2) is 9.48 Å². The highest BCUT2D eigenvalue weighted by Crippen LogP contribution is 2.31. The number of carbonyl (C=O) groups is 1. The van der Waals surface area contributed by atoms with Crippen molar-refractivity contribution in [3.63, 3.8) is 0 Å². The maximum atomic E-state index is 12.5. The summed E-state index contributed by atoms with van der Waals surface area (Å²) in [6.45, 7) is -0.270. The fraction of sp³-hybridized carbons (Fsp3) is 0.0455. The van der Waals surface area contributed by atoms with E-state index >= 15 is 0 Å². The molecule has 6 nitrogen and oxygen atoms in total. The van der Waals surface area contributed by atoms with Crippen molar-refractivity contribution in [2.75, 3.05) is 0 Å². The zero-order valence-electron chi connectivity index (χ0n) is 14.7. The van der Waals surface area contributed by atoms with E-state index in [0.29, 0.717) is 16.7 Å². The molecule has 5 aromatic rings. The topological polar surface area (TPSA) is 74.3 Å². The molecule has 2 heterocycles. The molecule has 0 N–H and O–H groups in total. The average Bonchev–Trinajstić information content (AvgIpc) is 3.08. The molecule has 0 radical (unpaired) electrons. The first-order chi connectivity index (χ1) is 13.7. The van der Waals surface area contributed by atoms with Crippen molar-refractivity contribution in [2.24, 2.45) is 0 Å². The fourth-order valence-electron chi connectivity index (χ4n) is 3.30. The van der Waals surface area contributed by atoms with Gasteiger partial charge in [0.1, 0.15) is 23.5 Å². The van der Waals surface area contributed by atoms with Crippen molar-refractivity contribution in [3.05, 3.63) is 83.3 Å². The number of aromatic nitrogens is 2. The van der Waals surface area contributed by atoms with E-state index in [1.165, 1.54) is 0 Å². The van der Waals surface area contributed by atoms with Gasteiger partial charge in [-0.3, -0.25) is 4.79 Å². The molecule has 0 saturated heterocycles. The van der Waals surface area contributed by atoms with E-state index < -0.39 is 5.97 Å². The first-order valence-corrected chi connectivity index (χ1v) is 8.76. The van der Waals surface area contributed by atoms with E-state index in [2.05, 4.69) is 5.10 Å². The molecule has 3 aromatic carbocycles. The van der Waals surface area contributed by atoms with Crippen molar-refractivity contribution >= 4 is 38.7 Å². The summed E-state index contributed by atoms with van der Waals surface area (Å²) in [5.74, 6) is -0.185. The molecule has 0 spiro atoms. The predicted octanol–water partition coefficient (Wildman–Crippen LogP) is 3.90. The SMILES string of the molecule is O=C(Cn1ncc2ccccc2c1=O)Oc1ccc2oc3ccccc3c2c1. The molecule has 0 aliphatic carbocycles. The number of nitrogens with zero attached hydrogens (tertiary/aromatic N) is 2. The van der Waals surface area contributed by atoms with Crippen molar-refractivity contribution in [1.82, 2.24) is 9.78 Å². The lowest BCUT2D eigenvalue weighted by Gasteiger charge is -2.07. The van der Waals surface area contributed by atoms with Gasteiger partial charge in [0, 0.05) is 16.2 Å². The van der Waals surface area contributed by atoms with Crippen LogP contribution in [0.2, 0.25) is 0 Å². The maximum absolute atomic E-state index is 12.5. The molecule has 6 heteroatoms. The van der Waals surface area contributed by atoms with Gasteiger partial charge in [-0.2, -0.15) is 5.10 Å². The monoisotopic (exact) mass is 370 g/mol. The predicted molar refractivity (Wildman–Crippen MR) is 105 cm³/mol. The van der Waals surface area contributed by atoms with Gasteiger partial charge in [-0.1, -0.05) is 36.4 Å². The standard InChI is InChI=1S/C22H14N2O4/c25-21(13-24-22(26)16-6-2-1-5-14(16)12-23-24)27-15-9-10-20-18(11-15)17-7-3-4-8-19(17)28-20/h1-12H,13H2. The molecular weight excluding hydrogens is 356 g/mol. The maximum Gasteiger partial charge on any atom is 0.333 e. The number of carbonyl (C=O) groups excluding carboxylic acids is 1. The van der Waals surface area contributed by atoms with Gasteiger partial charge in [0.15, 0.2) is 0 Å². The van der Waals surface area contributed by atoms with Crippen LogP contribution in [0.1, 0.15) is 0 Å². The minimum atomic E-state index is -0.572. The largest absolute Gasteiger partial charge is 0.456 e. The van der Waals surface area contributed by atoms with Gasteiger partial charge >= 0.3 is 5.97 Å². The van der Waals surface area contributed by atoms with Gasteiger partial charge in [0.25, 0.3) is 5.56 Å². The molecule has 2 aromatic heterocycles. The summed E-state index contributed by atoms with van der Waals surface area (Å²) in [5.41, 5.74) is 1.16. The molecule has 0 unspecified atom stereocenters. The van der Waals surface area contributed by atoms with Crippen molar-refractivity contribution in [1.29, 1.82) is 0 Å². The second kappa shape index (κ2) is 6.35. The number of ether oxygens (including phenoxy) is 1. The second-order valence-electron chi connectivity index (χ2n) is 6.42. The molecule has 0 atom stereocenters. The van der Waals surface area contributed by atoms with Crippen LogP contribution in [0.15, 0.2) is 82.1 Å². The van der Waals surface area contributed by atoms with Crippen LogP contribution in [0.3, 0.4) is 0 Å². The van der Waals surface area contributed by atoms with E-state index in [-0.39, 0.29) is 12.1 Å². The summed E-state index contributed by atoms with van der Waals surface area (Å²) < 4.78 is 12.3. The zero-order valence-corrected chi connectivity index (χ0v) is 14.7. The molecule has 0 saturated carbocycles. The smallest absolute Gasteiger partial charge is 0.333 e. The lowest BCUT2D eigenvalue weighted by Crippen LogP contribution is -2.28. The summed E-state index contributed by atoms with van der Waals surface area (Å²) >= 11 is 0. The zero-order chi connectivity index (χ0) is 19.1. The summed E-state index contributed by atoms with van der Waals surface area (Å²) in [5, 5.41) is 7.11. The quantitative estimate of drug-likeness (QED) is 0.356. The second-order valence-corrected chi connectivity index (χ2v) is 6.42. The van der Waals surface area contributed by atoms with Crippen molar-refractivity contribution in [2.45, 2.75) is 6.54 Å². The molecule has 0 fully saturated rings. The Morgan fingerprint density at radius 1 is 0.929 bits per heavy atom. The highest BCUT2D eigenvalue weighted by molar-refractivity contribution is 6.05. The van der Waals surface area contributed by atoms with E-state index in [9.17, 15) is 9.59 Å². The number of hydrogen-bond donors (Lipinski definition) is 0. The Bertz CT molecular complexity index is 1410. The Balaban J connectivity index is 1.43. The van der Waals surface area contributed by atoms with E-state index in [4.69, 9.17) is 9.15 Å². The van der Waals surface area contributed by atoms with Gasteiger partial charge < -0.3 is 9.15 Å². The number of fused-ring (bicyclic) bond motifs is 4. The molecule has 28 heavy (non-hydrogen) atoms. The molecule has 0 bridgehead atoms. The van der Waals surface area contributed by atoms with E-state index in [1.807, 2.05) is 30.3 Å². The van der Waals surface area contributed by atoms with Crippen LogP contribution in [0.5, 0.6) is 5.75 Å². The Morgan fingerprint density at radius 2 is 1.68 bits per heavy atom. The first-order valence-electron chi connectivity index (χ1n) is 8.76. The summed E-state index contributed by atoms with van der Waals surface area (Å²) in [4.78, 5) is 24.8. The highest BCUT2D eigenvalue weighted by Gasteiger charge is 2.12. The van der Waals surface area contributed by atoms with E-state index in [1.54, 1.807) is 42.6 Å². The third kappa shape index (κ3) is 2.72. The number of hydrogen-bond acceptors (Lipinski definition) is 5. The van der Waals surface area contributed by atoms with Crippen LogP contribution < -0.4 is 10.3 Å². The van der Waals surface area contributed by atoms with Crippen LogP contribution in [0, 0.1) is 0 Å². The third-order valence-corrected chi connectivity index (χ3v) is 4.62. The third-order valence-electron chi connectivity index (χ3n) is 4.62. The van der Waals surface area contributed by atoms with Gasteiger partial charge in [0.05, 0.1) is 11.6 Å². The Hall–Kier alpha value is -3.93. The fourth-order valence-corrected chi connectivity index (χ4v) is 3.30. The van der Waals surface area contributed by atoms with Crippen LogP contribution in [0.4, 0.5) is 0 Å². The van der Waals surface area contributed by atoms with Crippen LogP contribution >= 0.6 is 0 Å². The molecular formula is C22H14N2O4. The Labute approximate surface area is 158 Å². The van der Waals surface area contributed by atoms with Gasteiger partial charge in [-0.15, -0.1) is 0 Å². The lowest BCUT2D eigenvalue weighted by atomic mass is 10.1. The Kier molecular flexibility index (Phi) is 3.69. The molecule has 0 aliphatic heterocycles. The molecule has 5 rings (SSSR count). The number of rotatable bonds is 3. The van der Waals surface area contributed by atoms with Crippen LogP contribution in [-0.2, 0) is 11.3 Å². The number of benzene rings is 3. The lowest BCUT2D eigenvalue weighted by molar-refractivity contribution is -0.135. The van der Waals surface area contributed by atoms with Crippen LogP contribution in [0.25, 0.3) is 32.7 Å². The molecule has 0 amide bonds. The number of esters is 1. The first kappa shape index (κ1) is 16.3. The van der Waals surface area contributed by atoms with E-state index in [0.717, 1.165) is 26.4 Å². The summed E-state index contributed by atoms with van der Waals surface area (Å²) in [6.07, 6.45) is 1.56. The average molecular weight is 370 g/mol. The van der Waals surface area contributed by atoms with Crippen LogP contribution in [-0.4, -0.2) is 15.7 Å². The molecule has 136 valence electrons. The Morgan fingerprint density at radius 3 is 2.57 bits per heavy atom. The van der Waals surface area contributed by atoms with Crippen molar-refractivity contribution in [3.8, 4) is 5.75 Å².